The van der Waals surface area contributed by atoms with Gasteiger partial charge in [-0.2, -0.15) is 0 Å². The minimum absolute atomic E-state index is 0.612. The van der Waals surface area contributed by atoms with Gasteiger partial charge in [0.05, 0.1) is 10.0 Å². The van der Waals surface area contributed by atoms with E-state index < -0.39 is 0 Å². The number of halogens is 2. The lowest BCUT2D eigenvalue weighted by Crippen LogP contribution is -2.16. The first-order chi connectivity index (χ1) is 11.2. The van der Waals surface area contributed by atoms with Gasteiger partial charge in [0.1, 0.15) is 0 Å². The van der Waals surface area contributed by atoms with Crippen molar-refractivity contribution in [2.75, 3.05) is 25.0 Å². The van der Waals surface area contributed by atoms with Gasteiger partial charge in [0, 0.05) is 17.8 Å². The number of hydrogen-bond donors (Lipinski definition) is 2. The summed E-state index contributed by atoms with van der Waals surface area (Å²) in [4.78, 5) is 0. The van der Waals surface area contributed by atoms with Crippen LogP contribution in [0.1, 0.15) is 23.1 Å². The van der Waals surface area contributed by atoms with Crippen LogP contribution >= 0.6 is 23.2 Å². The molecule has 2 heterocycles. The monoisotopic (exact) mass is 346 g/mol. The third kappa shape index (κ3) is 2.84. The molecule has 0 aromatic heterocycles. The minimum Gasteiger partial charge on any atom is -0.384 e. The van der Waals surface area contributed by atoms with Crippen LogP contribution in [-0.2, 0) is 19.3 Å². The number of nitrogens with one attached hydrogen (secondary N) is 2. The average Bonchev–Trinajstić information content (AvgIpc) is 2.80. The lowest BCUT2D eigenvalue weighted by atomic mass is 9.86. The van der Waals surface area contributed by atoms with Crippen molar-refractivity contribution in [2.45, 2.75) is 25.7 Å². The van der Waals surface area contributed by atoms with E-state index in [1.165, 1.54) is 39.9 Å². The minimum atomic E-state index is 0.612. The van der Waals surface area contributed by atoms with E-state index in [2.05, 4.69) is 22.8 Å². The van der Waals surface area contributed by atoms with Crippen molar-refractivity contribution in [1.29, 1.82) is 0 Å². The molecular formula is C19H20Cl2N2. The molecule has 4 heteroatoms. The summed E-state index contributed by atoms with van der Waals surface area (Å²) in [5.74, 6) is 0. The maximum atomic E-state index is 6.30. The molecule has 0 aliphatic carbocycles. The fraction of sp³-hybridized carbons (Fsp3) is 0.368. The Labute approximate surface area is 147 Å². The van der Waals surface area contributed by atoms with Gasteiger partial charge in [-0.1, -0.05) is 35.3 Å². The van der Waals surface area contributed by atoms with Gasteiger partial charge in [0.15, 0.2) is 0 Å². The first kappa shape index (κ1) is 15.3. The first-order valence-corrected chi connectivity index (χ1v) is 9.07. The van der Waals surface area contributed by atoms with E-state index >= 15 is 0 Å². The van der Waals surface area contributed by atoms with Crippen LogP contribution in [0.2, 0.25) is 10.0 Å². The van der Waals surface area contributed by atoms with E-state index in [0.717, 1.165) is 38.9 Å². The van der Waals surface area contributed by atoms with E-state index in [0.29, 0.717) is 10.0 Å². The maximum Gasteiger partial charge on any atom is 0.0598 e. The second kappa shape index (κ2) is 6.35. The van der Waals surface area contributed by atoms with Crippen LogP contribution in [-0.4, -0.2) is 19.6 Å². The molecule has 0 atom stereocenters. The molecular weight excluding hydrogens is 327 g/mol. The van der Waals surface area contributed by atoms with Crippen LogP contribution in [0.5, 0.6) is 0 Å². The zero-order valence-corrected chi connectivity index (χ0v) is 14.5. The standard InChI is InChI=1S/C19H20Cl2N2/c20-16-4-3-13(11-17(16)21)18-15-6-9-22-8-5-12(15)10-14-2-1-7-23-19(14)18/h3-4,10-11,22-23H,1-2,5-9H2. The second-order valence-electron chi connectivity index (χ2n) is 6.33. The molecule has 0 fully saturated rings. The predicted octanol–water partition coefficient (Wildman–Crippen LogP) is 4.71. The van der Waals surface area contributed by atoms with Crippen molar-refractivity contribution in [1.82, 2.24) is 5.32 Å². The molecule has 2 aromatic rings. The molecule has 2 aliphatic heterocycles. The molecule has 2 aliphatic rings. The molecule has 0 unspecified atom stereocenters. The zero-order valence-electron chi connectivity index (χ0n) is 13.0. The molecule has 0 saturated heterocycles. The third-order valence-electron chi connectivity index (χ3n) is 4.86. The molecule has 23 heavy (non-hydrogen) atoms. The van der Waals surface area contributed by atoms with Crippen molar-refractivity contribution in [3.8, 4) is 11.1 Å². The second-order valence-corrected chi connectivity index (χ2v) is 7.15. The van der Waals surface area contributed by atoms with Gasteiger partial charge in [0.25, 0.3) is 0 Å². The highest BCUT2D eigenvalue weighted by atomic mass is 35.5. The zero-order chi connectivity index (χ0) is 15.8. The van der Waals surface area contributed by atoms with E-state index in [9.17, 15) is 0 Å². The van der Waals surface area contributed by atoms with Gasteiger partial charge in [-0.15, -0.1) is 0 Å². The van der Waals surface area contributed by atoms with Crippen LogP contribution in [0.4, 0.5) is 5.69 Å². The Kier molecular flexibility index (Phi) is 4.23. The van der Waals surface area contributed by atoms with Crippen molar-refractivity contribution < 1.29 is 0 Å². The Morgan fingerprint density at radius 2 is 1.70 bits per heavy atom. The first-order valence-electron chi connectivity index (χ1n) is 8.31. The SMILES string of the molecule is Clc1ccc(-c2c3c(cc4c2NCCC4)CCNCC3)cc1Cl. The summed E-state index contributed by atoms with van der Waals surface area (Å²) in [6.45, 7) is 3.12. The van der Waals surface area contributed by atoms with E-state index in [-0.39, 0.29) is 0 Å². The van der Waals surface area contributed by atoms with Crippen LogP contribution < -0.4 is 10.6 Å². The molecule has 2 nitrogen and oxygen atoms in total. The number of rotatable bonds is 1. The number of benzene rings is 2. The predicted molar refractivity (Wildman–Crippen MR) is 99.0 cm³/mol. The number of fused-ring (bicyclic) bond motifs is 2. The van der Waals surface area contributed by atoms with Crippen LogP contribution in [0.25, 0.3) is 11.1 Å². The summed E-state index contributed by atoms with van der Waals surface area (Å²) < 4.78 is 0. The lowest BCUT2D eigenvalue weighted by Gasteiger charge is -2.26. The summed E-state index contributed by atoms with van der Waals surface area (Å²) in [6.07, 6.45) is 4.50. The van der Waals surface area contributed by atoms with Crippen molar-refractivity contribution >= 4 is 28.9 Å². The smallest absolute Gasteiger partial charge is 0.0598 e. The summed E-state index contributed by atoms with van der Waals surface area (Å²) in [7, 11) is 0. The van der Waals surface area contributed by atoms with E-state index in [1.54, 1.807) is 0 Å². The topological polar surface area (TPSA) is 24.1 Å². The molecule has 2 aromatic carbocycles. The normalized spacial score (nSPS) is 17.0. The van der Waals surface area contributed by atoms with E-state index in [4.69, 9.17) is 23.2 Å². The van der Waals surface area contributed by atoms with Crippen LogP contribution in [0.3, 0.4) is 0 Å². The maximum absolute atomic E-state index is 6.30. The Morgan fingerprint density at radius 3 is 2.57 bits per heavy atom. The Morgan fingerprint density at radius 1 is 0.826 bits per heavy atom. The fourth-order valence-corrected chi connectivity index (χ4v) is 4.07. The van der Waals surface area contributed by atoms with Crippen LogP contribution in [0, 0.1) is 0 Å². The van der Waals surface area contributed by atoms with Gasteiger partial charge in [-0.25, -0.2) is 0 Å². The molecule has 120 valence electrons. The third-order valence-corrected chi connectivity index (χ3v) is 5.60. The highest BCUT2D eigenvalue weighted by Crippen LogP contribution is 2.41. The summed E-state index contributed by atoms with van der Waals surface area (Å²) in [5.41, 5.74) is 8.19. The molecule has 0 spiro atoms. The molecule has 0 saturated carbocycles. The Bertz CT molecular complexity index is 756. The lowest BCUT2D eigenvalue weighted by molar-refractivity contribution is 0.711. The molecule has 4 rings (SSSR count). The number of hydrogen-bond acceptors (Lipinski definition) is 2. The summed E-state index contributed by atoms with van der Waals surface area (Å²) >= 11 is 12.4. The summed E-state index contributed by atoms with van der Waals surface area (Å²) in [6, 6.07) is 8.43. The molecule has 0 radical (unpaired) electrons. The van der Waals surface area contributed by atoms with Gasteiger partial charge < -0.3 is 10.6 Å². The number of aryl methyl sites for hydroxylation is 1. The molecule has 0 bridgehead atoms. The summed E-state index contributed by atoms with van der Waals surface area (Å²) in [5, 5.41) is 8.39. The Balaban J connectivity index is 1.97. The number of anilines is 1. The van der Waals surface area contributed by atoms with Gasteiger partial charge in [0.2, 0.25) is 0 Å². The highest BCUT2D eigenvalue weighted by molar-refractivity contribution is 6.42. The van der Waals surface area contributed by atoms with Gasteiger partial charge in [-0.05, 0) is 73.2 Å². The van der Waals surface area contributed by atoms with Gasteiger partial charge in [-0.3, -0.25) is 0 Å². The van der Waals surface area contributed by atoms with Gasteiger partial charge >= 0.3 is 0 Å². The highest BCUT2D eigenvalue weighted by Gasteiger charge is 2.22. The molecule has 0 amide bonds. The van der Waals surface area contributed by atoms with Crippen molar-refractivity contribution in [3.05, 3.63) is 51.0 Å². The quantitative estimate of drug-likeness (QED) is 0.781. The largest absolute Gasteiger partial charge is 0.384 e. The Hall–Kier alpha value is -1.22. The van der Waals surface area contributed by atoms with Crippen molar-refractivity contribution in [3.63, 3.8) is 0 Å². The fourth-order valence-electron chi connectivity index (χ4n) is 3.77. The average molecular weight is 347 g/mol. The molecule has 2 N–H and O–H groups in total. The van der Waals surface area contributed by atoms with Crippen LogP contribution in [0.15, 0.2) is 24.3 Å². The van der Waals surface area contributed by atoms with Crippen molar-refractivity contribution in [2.24, 2.45) is 0 Å². The van der Waals surface area contributed by atoms with E-state index in [1.807, 2.05) is 12.1 Å².